The normalized spacial score (nSPS) is 12.9. The van der Waals surface area contributed by atoms with Gasteiger partial charge in [-0.15, -0.1) is 0 Å². The number of carbonyl (C=O) groups excluding carboxylic acids is 3. The maximum Gasteiger partial charge on any atom is 0.348 e. The van der Waals surface area contributed by atoms with Crippen LogP contribution in [0.1, 0.15) is 59.3 Å². The van der Waals surface area contributed by atoms with E-state index in [1.807, 2.05) is 18.2 Å². The molecule has 144 valence electrons. The van der Waals surface area contributed by atoms with Crippen LogP contribution in [0.4, 0.5) is 0 Å². The molecule has 27 heavy (non-hydrogen) atoms. The van der Waals surface area contributed by atoms with E-state index in [1.54, 1.807) is 32.9 Å². The third-order valence-electron chi connectivity index (χ3n) is 4.35. The Morgan fingerprint density at radius 2 is 1.74 bits per heavy atom. The van der Waals surface area contributed by atoms with Gasteiger partial charge < -0.3 is 14.5 Å². The van der Waals surface area contributed by atoms with Crippen LogP contribution in [0.3, 0.4) is 0 Å². The smallest absolute Gasteiger partial charge is 0.348 e. The summed E-state index contributed by atoms with van der Waals surface area (Å²) in [5.74, 6) is -0.546. The summed E-state index contributed by atoms with van der Waals surface area (Å²) in [4.78, 5) is 39.8. The number of hydrogen-bond acceptors (Lipinski definition) is 5. The van der Waals surface area contributed by atoms with Crippen molar-refractivity contribution in [2.75, 3.05) is 0 Å². The largest absolute Gasteiger partial charge is 0.479 e. The summed E-state index contributed by atoms with van der Waals surface area (Å²) in [6, 6.07) is 8.96. The van der Waals surface area contributed by atoms with Gasteiger partial charge in [-0.2, -0.15) is 0 Å². The van der Waals surface area contributed by atoms with Crippen molar-refractivity contribution in [2.24, 2.45) is 0 Å². The minimum atomic E-state index is -0.998. The van der Waals surface area contributed by atoms with Crippen molar-refractivity contribution in [1.82, 2.24) is 4.98 Å². The SMILES string of the molecule is CC[C@H](Oc1ccccc1)C(=O)O[C@H](C)C(=O)c1[nH]c(C)c(C(C)=O)c1C. The van der Waals surface area contributed by atoms with Gasteiger partial charge in [-0.05, 0) is 51.8 Å². The van der Waals surface area contributed by atoms with E-state index >= 15 is 0 Å². The van der Waals surface area contributed by atoms with Gasteiger partial charge in [0.05, 0.1) is 5.69 Å². The van der Waals surface area contributed by atoms with Gasteiger partial charge in [0, 0.05) is 11.3 Å². The van der Waals surface area contributed by atoms with Gasteiger partial charge >= 0.3 is 5.97 Å². The van der Waals surface area contributed by atoms with Gasteiger partial charge in [0.15, 0.2) is 18.0 Å². The average Bonchev–Trinajstić information content (AvgIpc) is 2.93. The Balaban J connectivity index is 2.10. The quantitative estimate of drug-likeness (QED) is 0.563. The second kappa shape index (κ2) is 8.66. The molecule has 0 aliphatic carbocycles. The molecule has 0 fully saturated rings. The fourth-order valence-electron chi connectivity index (χ4n) is 2.99. The van der Waals surface area contributed by atoms with E-state index in [4.69, 9.17) is 9.47 Å². The number of ether oxygens (including phenoxy) is 2. The standard InChI is InChI=1S/C21H25NO5/c1-6-17(27-16-10-8-7-9-11-16)21(25)26-15(5)20(24)19-12(2)18(14(4)23)13(3)22-19/h7-11,15,17,22H,6H2,1-5H3/t15-,17+/m1/s1. The molecule has 0 aliphatic rings. The molecule has 0 bridgehead atoms. The van der Waals surface area contributed by atoms with Crippen LogP contribution in [0.15, 0.2) is 30.3 Å². The van der Waals surface area contributed by atoms with E-state index < -0.39 is 18.2 Å². The summed E-state index contributed by atoms with van der Waals surface area (Å²) in [6.45, 7) is 8.21. The maximum atomic E-state index is 12.7. The lowest BCUT2D eigenvalue weighted by molar-refractivity contribution is -0.154. The molecular weight excluding hydrogens is 346 g/mol. The number of ketones is 2. The number of para-hydroxylation sites is 1. The lowest BCUT2D eigenvalue weighted by Gasteiger charge is -2.19. The predicted molar refractivity (Wildman–Crippen MR) is 101 cm³/mol. The first-order chi connectivity index (χ1) is 12.8. The molecule has 6 heteroatoms. The van der Waals surface area contributed by atoms with Gasteiger partial charge in [0.2, 0.25) is 5.78 Å². The Morgan fingerprint density at radius 3 is 2.26 bits per heavy atom. The second-order valence-electron chi connectivity index (χ2n) is 6.45. The molecule has 2 aromatic rings. The lowest BCUT2D eigenvalue weighted by atomic mass is 10.0. The third-order valence-corrected chi connectivity index (χ3v) is 4.35. The van der Waals surface area contributed by atoms with E-state index in [2.05, 4.69) is 4.98 Å². The molecule has 1 aromatic carbocycles. The number of esters is 1. The molecule has 1 aromatic heterocycles. The van der Waals surface area contributed by atoms with Crippen molar-refractivity contribution >= 4 is 17.5 Å². The predicted octanol–water partition coefficient (Wildman–Crippen LogP) is 3.81. The first kappa shape index (κ1) is 20.4. The van der Waals surface area contributed by atoms with E-state index in [9.17, 15) is 14.4 Å². The monoisotopic (exact) mass is 371 g/mol. The molecule has 0 amide bonds. The number of H-pyrrole nitrogens is 1. The highest BCUT2D eigenvalue weighted by Gasteiger charge is 2.29. The van der Waals surface area contributed by atoms with E-state index in [0.717, 1.165) is 0 Å². The molecule has 0 radical (unpaired) electrons. The third kappa shape index (κ3) is 4.64. The highest BCUT2D eigenvalue weighted by Crippen LogP contribution is 2.21. The first-order valence-electron chi connectivity index (χ1n) is 8.92. The fraction of sp³-hybridized carbons (Fsp3) is 0.381. The highest BCUT2D eigenvalue weighted by atomic mass is 16.6. The topological polar surface area (TPSA) is 85.5 Å². The van der Waals surface area contributed by atoms with E-state index in [-0.39, 0.29) is 17.3 Å². The number of rotatable bonds is 8. The van der Waals surface area contributed by atoms with Crippen molar-refractivity contribution < 1.29 is 23.9 Å². The molecule has 0 unspecified atom stereocenters. The number of benzene rings is 1. The van der Waals surface area contributed by atoms with Crippen LogP contribution in [0.5, 0.6) is 5.75 Å². The van der Waals surface area contributed by atoms with Crippen molar-refractivity contribution in [2.45, 2.75) is 53.2 Å². The van der Waals surface area contributed by atoms with Crippen LogP contribution >= 0.6 is 0 Å². The van der Waals surface area contributed by atoms with Crippen LogP contribution in [0.25, 0.3) is 0 Å². The summed E-state index contributed by atoms with van der Waals surface area (Å²) in [7, 11) is 0. The van der Waals surface area contributed by atoms with Crippen molar-refractivity contribution in [1.29, 1.82) is 0 Å². The first-order valence-corrected chi connectivity index (χ1v) is 8.92. The number of nitrogens with one attached hydrogen (secondary N) is 1. The summed E-state index contributed by atoms with van der Waals surface area (Å²) in [5, 5.41) is 0. The summed E-state index contributed by atoms with van der Waals surface area (Å²) in [6.07, 6.45) is -1.39. The summed E-state index contributed by atoms with van der Waals surface area (Å²) in [5.41, 5.74) is 1.98. The van der Waals surface area contributed by atoms with Gasteiger partial charge in [0.25, 0.3) is 0 Å². The maximum absolute atomic E-state index is 12.7. The van der Waals surface area contributed by atoms with Gasteiger partial charge in [-0.3, -0.25) is 9.59 Å². The lowest BCUT2D eigenvalue weighted by Crippen LogP contribution is -2.34. The van der Waals surface area contributed by atoms with Gasteiger partial charge in [-0.1, -0.05) is 25.1 Å². The van der Waals surface area contributed by atoms with Crippen LogP contribution in [-0.2, 0) is 9.53 Å². The fourth-order valence-corrected chi connectivity index (χ4v) is 2.99. The number of Topliss-reactive ketones (excluding diaryl/α,β-unsaturated/α-hetero) is 2. The van der Waals surface area contributed by atoms with Gasteiger partial charge in [0.1, 0.15) is 5.75 Å². The minimum absolute atomic E-state index is 0.118. The molecule has 0 aliphatic heterocycles. The molecule has 0 saturated heterocycles. The summed E-state index contributed by atoms with van der Waals surface area (Å²) < 4.78 is 11.0. The molecule has 0 saturated carbocycles. The highest BCUT2D eigenvalue weighted by molar-refractivity contribution is 6.05. The zero-order chi connectivity index (χ0) is 20.1. The Labute approximate surface area is 158 Å². The van der Waals surface area contributed by atoms with E-state index in [0.29, 0.717) is 29.0 Å². The zero-order valence-corrected chi connectivity index (χ0v) is 16.3. The molecule has 2 atom stereocenters. The van der Waals surface area contributed by atoms with Crippen LogP contribution in [-0.4, -0.2) is 34.7 Å². The number of carbonyl (C=O) groups is 3. The van der Waals surface area contributed by atoms with Crippen molar-refractivity contribution in [3.63, 3.8) is 0 Å². The van der Waals surface area contributed by atoms with Crippen LogP contribution < -0.4 is 4.74 Å². The Hall–Kier alpha value is -2.89. The second-order valence-corrected chi connectivity index (χ2v) is 6.45. The molecular formula is C21H25NO5. The Kier molecular flexibility index (Phi) is 6.55. The molecule has 1 heterocycles. The minimum Gasteiger partial charge on any atom is -0.479 e. The summed E-state index contributed by atoms with van der Waals surface area (Å²) >= 11 is 0. The Morgan fingerprint density at radius 1 is 1.11 bits per heavy atom. The number of aryl methyl sites for hydroxylation is 1. The Bertz CT molecular complexity index is 838. The van der Waals surface area contributed by atoms with Crippen LogP contribution in [0.2, 0.25) is 0 Å². The van der Waals surface area contributed by atoms with Crippen LogP contribution in [0, 0.1) is 13.8 Å². The average molecular weight is 371 g/mol. The van der Waals surface area contributed by atoms with E-state index in [1.165, 1.54) is 13.8 Å². The zero-order valence-electron chi connectivity index (χ0n) is 16.3. The van der Waals surface area contributed by atoms with Crippen molar-refractivity contribution in [3.05, 3.63) is 52.8 Å². The number of hydrogen-bond donors (Lipinski definition) is 1. The molecule has 1 N–H and O–H groups in total. The van der Waals surface area contributed by atoms with Gasteiger partial charge in [-0.25, -0.2) is 4.79 Å². The molecule has 0 spiro atoms. The van der Waals surface area contributed by atoms with Crippen molar-refractivity contribution in [3.8, 4) is 5.75 Å². The number of aromatic amines is 1. The molecule has 6 nitrogen and oxygen atoms in total. The number of aromatic nitrogens is 1. The molecule has 2 rings (SSSR count).